The molecule has 1 aliphatic heterocycles. The molecule has 0 amide bonds. The van der Waals surface area contributed by atoms with Gasteiger partial charge in [0.15, 0.2) is 0 Å². The molecule has 0 unspecified atom stereocenters. The second-order valence-corrected chi connectivity index (χ2v) is 7.73. The van der Waals surface area contributed by atoms with Crippen LogP contribution in [0.2, 0.25) is 0 Å². The van der Waals surface area contributed by atoms with Crippen molar-refractivity contribution in [3.63, 3.8) is 0 Å². The van der Waals surface area contributed by atoms with Crippen molar-refractivity contribution in [3.05, 3.63) is 11.4 Å². The summed E-state index contributed by atoms with van der Waals surface area (Å²) < 4.78 is 27.0. The van der Waals surface area contributed by atoms with Gasteiger partial charge in [-0.05, 0) is 27.8 Å². The summed E-state index contributed by atoms with van der Waals surface area (Å²) in [6.07, 6.45) is 0. The van der Waals surface area contributed by atoms with Crippen LogP contribution in [0, 0.1) is 6.92 Å². The fourth-order valence-electron chi connectivity index (χ4n) is 2.45. The van der Waals surface area contributed by atoms with E-state index in [4.69, 9.17) is 0 Å². The van der Waals surface area contributed by atoms with E-state index in [1.165, 1.54) is 4.31 Å². The first kappa shape index (κ1) is 15.4. The Morgan fingerprint density at radius 2 is 2.05 bits per heavy atom. The lowest BCUT2D eigenvalue weighted by Gasteiger charge is -2.44. The van der Waals surface area contributed by atoms with Crippen LogP contribution in [0.5, 0.6) is 0 Å². The number of H-pyrrole nitrogens is 1. The van der Waals surface area contributed by atoms with E-state index in [0.29, 0.717) is 25.3 Å². The zero-order chi connectivity index (χ0) is 15.1. The number of aliphatic hydroxyl groups is 1. The summed E-state index contributed by atoms with van der Waals surface area (Å²) in [7, 11) is -1.64. The van der Waals surface area contributed by atoms with E-state index in [-0.39, 0.29) is 16.1 Å². The van der Waals surface area contributed by atoms with Gasteiger partial charge < -0.3 is 5.11 Å². The van der Waals surface area contributed by atoms with Crippen molar-refractivity contribution in [3.8, 4) is 0 Å². The predicted molar refractivity (Wildman–Crippen MR) is 74.7 cm³/mol. The van der Waals surface area contributed by atoms with Crippen LogP contribution in [0.3, 0.4) is 0 Å². The molecule has 0 aliphatic carbocycles. The molecule has 2 N–H and O–H groups in total. The zero-order valence-electron chi connectivity index (χ0n) is 12.3. The Balaban J connectivity index is 2.39. The number of aromatic amines is 1. The van der Waals surface area contributed by atoms with Gasteiger partial charge in [-0.1, -0.05) is 0 Å². The van der Waals surface area contributed by atoms with Crippen LogP contribution < -0.4 is 0 Å². The molecule has 0 spiro atoms. The molecular formula is C12H22N4O3S. The number of hydrogen-bond donors (Lipinski definition) is 2. The summed E-state index contributed by atoms with van der Waals surface area (Å²) in [5.41, 5.74) is 0.424. The fourth-order valence-corrected chi connectivity index (χ4v) is 4.36. The van der Waals surface area contributed by atoms with E-state index in [0.717, 1.165) is 0 Å². The van der Waals surface area contributed by atoms with E-state index < -0.39 is 16.6 Å². The SMILES string of the molecule is Cc1[nH]nc(CO)c1S(=O)(=O)N1CCN(C)C(C)(C)C1. The molecule has 0 atom stereocenters. The van der Waals surface area contributed by atoms with Crippen LogP contribution in [-0.4, -0.2) is 65.1 Å². The molecule has 1 fully saturated rings. The fraction of sp³-hybridized carbons (Fsp3) is 0.750. The van der Waals surface area contributed by atoms with Gasteiger partial charge in [0.2, 0.25) is 10.0 Å². The standard InChI is InChI=1S/C12H22N4O3S/c1-9-11(10(7-17)14-13-9)20(18,19)16-6-5-15(4)12(2,3)8-16/h17H,5-8H2,1-4H3,(H,13,14). The van der Waals surface area contributed by atoms with Gasteiger partial charge >= 0.3 is 0 Å². The Morgan fingerprint density at radius 3 is 2.60 bits per heavy atom. The number of sulfonamides is 1. The van der Waals surface area contributed by atoms with E-state index >= 15 is 0 Å². The van der Waals surface area contributed by atoms with E-state index in [2.05, 4.69) is 15.1 Å². The summed E-state index contributed by atoms with van der Waals surface area (Å²) in [5, 5.41) is 15.8. The van der Waals surface area contributed by atoms with Gasteiger partial charge in [-0.3, -0.25) is 10.00 Å². The number of piperazine rings is 1. The van der Waals surface area contributed by atoms with E-state index in [1.807, 2.05) is 20.9 Å². The number of nitrogens with zero attached hydrogens (tertiary/aromatic N) is 3. The minimum Gasteiger partial charge on any atom is -0.390 e. The third-order valence-electron chi connectivity index (χ3n) is 3.99. The Morgan fingerprint density at radius 1 is 1.40 bits per heavy atom. The van der Waals surface area contributed by atoms with Gasteiger partial charge in [-0.25, -0.2) is 8.42 Å². The quantitative estimate of drug-likeness (QED) is 0.815. The molecule has 2 rings (SSSR count). The summed E-state index contributed by atoms with van der Waals surface area (Å²) in [6.45, 7) is 6.83. The van der Waals surface area contributed by atoms with Gasteiger partial charge in [0.1, 0.15) is 10.6 Å². The maximum Gasteiger partial charge on any atom is 0.246 e. The van der Waals surface area contributed by atoms with Crippen LogP contribution in [0.25, 0.3) is 0 Å². The molecule has 20 heavy (non-hydrogen) atoms. The highest BCUT2D eigenvalue weighted by Gasteiger charge is 2.39. The predicted octanol–water partition coefficient (Wildman–Crippen LogP) is -0.0749. The van der Waals surface area contributed by atoms with Gasteiger partial charge in [-0.15, -0.1) is 0 Å². The first-order chi connectivity index (χ1) is 9.20. The minimum absolute atomic E-state index is 0.111. The first-order valence-electron chi connectivity index (χ1n) is 6.56. The van der Waals surface area contributed by atoms with Crippen LogP contribution in [0.4, 0.5) is 0 Å². The second kappa shape index (κ2) is 5.10. The van der Waals surface area contributed by atoms with Crippen LogP contribution in [0.15, 0.2) is 4.90 Å². The van der Waals surface area contributed by atoms with Crippen LogP contribution in [-0.2, 0) is 16.6 Å². The molecule has 2 heterocycles. The molecular weight excluding hydrogens is 280 g/mol. The van der Waals surface area contributed by atoms with E-state index in [9.17, 15) is 13.5 Å². The molecule has 0 aromatic carbocycles. The lowest BCUT2D eigenvalue weighted by atomic mass is 10.0. The number of nitrogens with one attached hydrogen (secondary N) is 1. The molecule has 1 aliphatic rings. The summed E-state index contributed by atoms with van der Waals surface area (Å²) in [5.74, 6) is 0. The van der Waals surface area contributed by atoms with Gasteiger partial charge in [0, 0.05) is 25.2 Å². The maximum atomic E-state index is 12.8. The summed E-state index contributed by atoms with van der Waals surface area (Å²) >= 11 is 0. The number of rotatable bonds is 3. The molecule has 114 valence electrons. The number of likely N-dealkylation sites (N-methyl/N-ethyl adjacent to an activating group) is 1. The van der Waals surface area contributed by atoms with Crippen LogP contribution >= 0.6 is 0 Å². The Hall–Kier alpha value is -0.960. The Labute approximate surface area is 119 Å². The van der Waals surface area contributed by atoms with Crippen molar-refractivity contribution >= 4 is 10.0 Å². The third kappa shape index (κ3) is 2.48. The minimum atomic E-state index is -3.63. The number of hydrogen-bond acceptors (Lipinski definition) is 5. The Kier molecular flexibility index (Phi) is 3.94. The lowest BCUT2D eigenvalue weighted by molar-refractivity contribution is 0.0801. The Bertz CT molecular complexity index is 594. The van der Waals surface area contributed by atoms with Gasteiger partial charge in [-0.2, -0.15) is 9.40 Å². The second-order valence-electron chi connectivity index (χ2n) is 5.86. The van der Waals surface area contributed by atoms with Crippen molar-refractivity contribution in [2.45, 2.75) is 37.8 Å². The van der Waals surface area contributed by atoms with Gasteiger partial charge in [0.25, 0.3) is 0 Å². The maximum absolute atomic E-state index is 12.8. The zero-order valence-corrected chi connectivity index (χ0v) is 13.2. The average Bonchev–Trinajstić information content (AvgIpc) is 2.74. The highest BCUT2D eigenvalue weighted by Crippen LogP contribution is 2.27. The number of aryl methyl sites for hydroxylation is 1. The molecule has 1 aromatic heterocycles. The highest BCUT2D eigenvalue weighted by atomic mass is 32.2. The van der Waals surface area contributed by atoms with Crippen LogP contribution in [0.1, 0.15) is 25.2 Å². The van der Waals surface area contributed by atoms with E-state index in [1.54, 1.807) is 6.92 Å². The summed E-state index contributed by atoms with van der Waals surface area (Å²) in [6, 6.07) is 0. The smallest absolute Gasteiger partial charge is 0.246 e. The van der Waals surface area contributed by atoms with Gasteiger partial charge in [0.05, 0.1) is 12.3 Å². The molecule has 1 aromatic rings. The molecule has 0 radical (unpaired) electrons. The van der Waals surface area contributed by atoms with Crippen molar-refractivity contribution in [2.75, 3.05) is 26.7 Å². The number of aromatic nitrogens is 2. The number of aliphatic hydroxyl groups excluding tert-OH is 1. The molecule has 8 heteroatoms. The normalized spacial score (nSPS) is 21.2. The van der Waals surface area contributed by atoms with Crippen molar-refractivity contribution in [1.29, 1.82) is 0 Å². The largest absolute Gasteiger partial charge is 0.390 e. The van der Waals surface area contributed by atoms with Crippen molar-refractivity contribution in [1.82, 2.24) is 19.4 Å². The molecule has 0 bridgehead atoms. The van der Waals surface area contributed by atoms with Crippen molar-refractivity contribution in [2.24, 2.45) is 0 Å². The summed E-state index contributed by atoms with van der Waals surface area (Å²) in [4.78, 5) is 2.26. The third-order valence-corrected chi connectivity index (χ3v) is 6.04. The average molecular weight is 302 g/mol. The molecule has 0 saturated carbocycles. The molecule has 7 nitrogen and oxygen atoms in total. The molecule has 1 saturated heterocycles. The first-order valence-corrected chi connectivity index (χ1v) is 8.00. The topological polar surface area (TPSA) is 89.5 Å². The lowest BCUT2D eigenvalue weighted by Crippen LogP contribution is -2.58. The highest BCUT2D eigenvalue weighted by molar-refractivity contribution is 7.89. The van der Waals surface area contributed by atoms with Crippen molar-refractivity contribution < 1.29 is 13.5 Å². The monoisotopic (exact) mass is 302 g/mol.